The molecule has 5 heteroatoms. The molecule has 0 aliphatic carbocycles. The van der Waals surface area contributed by atoms with Crippen LogP contribution < -0.4 is 5.32 Å². The van der Waals surface area contributed by atoms with Gasteiger partial charge in [0.2, 0.25) is 0 Å². The van der Waals surface area contributed by atoms with Gasteiger partial charge < -0.3 is 10.4 Å². The molecular formula is C14H16N2O2S. The van der Waals surface area contributed by atoms with Gasteiger partial charge in [0.1, 0.15) is 5.00 Å². The average molecular weight is 276 g/mol. The molecule has 0 aliphatic rings. The fraction of sp³-hybridized carbons (Fsp3) is 0.286. The van der Waals surface area contributed by atoms with Gasteiger partial charge in [-0.05, 0) is 23.1 Å². The van der Waals surface area contributed by atoms with E-state index in [1.807, 2.05) is 24.3 Å². The molecule has 19 heavy (non-hydrogen) atoms. The summed E-state index contributed by atoms with van der Waals surface area (Å²) in [6, 6.07) is 7.99. The Morgan fingerprint density at radius 3 is 2.42 bits per heavy atom. The number of aromatic nitrogens is 1. The van der Waals surface area contributed by atoms with Crippen LogP contribution >= 0.6 is 11.3 Å². The zero-order chi connectivity index (χ0) is 14.0. The Labute approximate surface area is 116 Å². The van der Waals surface area contributed by atoms with Crippen LogP contribution in [0.4, 0.5) is 10.7 Å². The van der Waals surface area contributed by atoms with Crippen molar-refractivity contribution in [2.45, 2.75) is 26.2 Å². The van der Waals surface area contributed by atoms with Crippen LogP contribution in [-0.4, -0.2) is 16.1 Å². The first kappa shape index (κ1) is 13.5. The first-order chi connectivity index (χ1) is 8.88. The minimum atomic E-state index is -1.02. The quantitative estimate of drug-likeness (QED) is 0.893. The molecule has 0 radical (unpaired) electrons. The Kier molecular flexibility index (Phi) is 3.57. The third-order valence-corrected chi connectivity index (χ3v) is 3.52. The summed E-state index contributed by atoms with van der Waals surface area (Å²) in [5.74, 6) is -1.02. The highest BCUT2D eigenvalue weighted by molar-refractivity contribution is 7.14. The lowest BCUT2D eigenvalue weighted by Crippen LogP contribution is -2.10. The minimum Gasteiger partial charge on any atom is -0.476 e. The number of hydrogen-bond acceptors (Lipinski definition) is 4. The van der Waals surface area contributed by atoms with E-state index in [-0.39, 0.29) is 11.1 Å². The highest BCUT2D eigenvalue weighted by Gasteiger charge is 2.15. The second-order valence-corrected chi connectivity index (χ2v) is 6.14. The van der Waals surface area contributed by atoms with Crippen LogP contribution in [0.3, 0.4) is 0 Å². The number of carbonyl (C=O) groups is 1. The molecule has 0 fully saturated rings. The molecule has 0 aliphatic heterocycles. The summed E-state index contributed by atoms with van der Waals surface area (Å²) in [6.07, 6.45) is 0. The van der Waals surface area contributed by atoms with Crippen LogP contribution in [0.1, 0.15) is 36.8 Å². The number of rotatable bonds is 3. The molecule has 2 aromatic rings. The first-order valence-corrected chi connectivity index (χ1v) is 6.80. The number of thiazole rings is 1. The molecule has 1 aromatic carbocycles. The lowest BCUT2D eigenvalue weighted by molar-refractivity contribution is 0.0692. The fourth-order valence-corrected chi connectivity index (χ4v) is 2.36. The maximum atomic E-state index is 11.0. The Morgan fingerprint density at radius 2 is 1.89 bits per heavy atom. The average Bonchev–Trinajstić information content (AvgIpc) is 2.77. The van der Waals surface area contributed by atoms with Crippen LogP contribution in [-0.2, 0) is 5.41 Å². The minimum absolute atomic E-state index is 0.0601. The second kappa shape index (κ2) is 5.01. The van der Waals surface area contributed by atoms with E-state index in [1.165, 1.54) is 22.4 Å². The Hall–Kier alpha value is -1.88. The third kappa shape index (κ3) is 3.12. The van der Waals surface area contributed by atoms with Crippen molar-refractivity contribution in [2.75, 3.05) is 5.32 Å². The van der Waals surface area contributed by atoms with Crippen LogP contribution in [0, 0.1) is 0 Å². The molecule has 1 heterocycles. The van der Waals surface area contributed by atoms with Crippen LogP contribution in [0.2, 0.25) is 0 Å². The number of benzene rings is 1. The van der Waals surface area contributed by atoms with Crippen molar-refractivity contribution < 1.29 is 9.90 Å². The molecule has 0 saturated carbocycles. The molecule has 0 spiro atoms. The Morgan fingerprint density at radius 1 is 1.26 bits per heavy atom. The SMILES string of the molecule is CC(C)(C)c1ccc(Nc2scnc2C(=O)O)cc1. The van der Waals surface area contributed by atoms with Gasteiger partial charge in [0.05, 0.1) is 5.51 Å². The van der Waals surface area contributed by atoms with Gasteiger partial charge in [-0.3, -0.25) is 0 Å². The van der Waals surface area contributed by atoms with E-state index < -0.39 is 5.97 Å². The van der Waals surface area contributed by atoms with E-state index in [1.54, 1.807) is 0 Å². The molecule has 1 aromatic heterocycles. The Bertz CT molecular complexity index is 582. The number of nitrogens with one attached hydrogen (secondary N) is 1. The molecule has 0 unspecified atom stereocenters. The maximum Gasteiger partial charge on any atom is 0.357 e. The topological polar surface area (TPSA) is 62.2 Å². The molecule has 0 atom stereocenters. The molecule has 0 bridgehead atoms. The van der Waals surface area contributed by atoms with Gasteiger partial charge in [-0.1, -0.05) is 32.9 Å². The monoisotopic (exact) mass is 276 g/mol. The van der Waals surface area contributed by atoms with Crippen molar-refractivity contribution in [1.82, 2.24) is 4.98 Å². The van der Waals surface area contributed by atoms with E-state index >= 15 is 0 Å². The van der Waals surface area contributed by atoms with Crippen molar-refractivity contribution in [2.24, 2.45) is 0 Å². The summed E-state index contributed by atoms with van der Waals surface area (Å²) in [5, 5.41) is 12.6. The number of aromatic carboxylic acids is 1. The van der Waals surface area contributed by atoms with Crippen molar-refractivity contribution in [1.29, 1.82) is 0 Å². The maximum absolute atomic E-state index is 11.0. The van der Waals surface area contributed by atoms with Crippen molar-refractivity contribution in [3.05, 3.63) is 41.0 Å². The van der Waals surface area contributed by atoms with E-state index in [2.05, 4.69) is 31.1 Å². The second-order valence-electron chi connectivity index (χ2n) is 5.29. The fourth-order valence-electron chi connectivity index (χ4n) is 1.67. The molecule has 2 rings (SSSR count). The zero-order valence-corrected chi connectivity index (χ0v) is 11.9. The van der Waals surface area contributed by atoms with Crippen molar-refractivity contribution in [3.8, 4) is 0 Å². The van der Waals surface area contributed by atoms with Gasteiger partial charge >= 0.3 is 5.97 Å². The Balaban J connectivity index is 2.20. The van der Waals surface area contributed by atoms with Gasteiger partial charge in [0.25, 0.3) is 0 Å². The van der Waals surface area contributed by atoms with E-state index in [0.29, 0.717) is 5.00 Å². The van der Waals surface area contributed by atoms with Crippen molar-refractivity contribution >= 4 is 28.0 Å². The summed E-state index contributed by atoms with van der Waals surface area (Å²) in [7, 11) is 0. The van der Waals surface area contributed by atoms with Crippen LogP contribution in [0.25, 0.3) is 0 Å². The van der Waals surface area contributed by atoms with Gasteiger partial charge in [0.15, 0.2) is 5.69 Å². The lowest BCUT2D eigenvalue weighted by Gasteiger charge is -2.19. The molecule has 0 saturated heterocycles. The number of hydrogen-bond donors (Lipinski definition) is 2. The number of nitrogens with zero attached hydrogens (tertiary/aromatic N) is 1. The summed E-state index contributed by atoms with van der Waals surface area (Å²) in [5.41, 5.74) is 3.79. The van der Waals surface area contributed by atoms with E-state index in [9.17, 15) is 4.79 Å². The highest BCUT2D eigenvalue weighted by Crippen LogP contribution is 2.27. The molecular weight excluding hydrogens is 260 g/mol. The van der Waals surface area contributed by atoms with Gasteiger partial charge in [0, 0.05) is 5.69 Å². The number of carboxylic acid groups (broad SMARTS) is 1. The highest BCUT2D eigenvalue weighted by atomic mass is 32.1. The van der Waals surface area contributed by atoms with Crippen molar-refractivity contribution in [3.63, 3.8) is 0 Å². The lowest BCUT2D eigenvalue weighted by atomic mass is 9.87. The van der Waals surface area contributed by atoms with E-state index in [4.69, 9.17) is 5.11 Å². The van der Waals surface area contributed by atoms with Gasteiger partial charge in [-0.25, -0.2) is 9.78 Å². The third-order valence-electron chi connectivity index (χ3n) is 2.78. The molecule has 100 valence electrons. The standard InChI is InChI=1S/C14H16N2O2S/c1-14(2,3)9-4-6-10(7-5-9)16-12-11(13(17)18)15-8-19-12/h4-8,16H,1-3H3,(H,17,18). The largest absolute Gasteiger partial charge is 0.476 e. The summed E-state index contributed by atoms with van der Waals surface area (Å²) in [6.45, 7) is 6.46. The first-order valence-electron chi connectivity index (χ1n) is 5.92. The smallest absolute Gasteiger partial charge is 0.357 e. The summed E-state index contributed by atoms with van der Waals surface area (Å²) < 4.78 is 0. The molecule has 2 N–H and O–H groups in total. The number of anilines is 2. The molecule has 4 nitrogen and oxygen atoms in total. The summed E-state index contributed by atoms with van der Waals surface area (Å²) in [4.78, 5) is 14.8. The zero-order valence-electron chi connectivity index (χ0n) is 11.1. The van der Waals surface area contributed by atoms with Gasteiger partial charge in [-0.15, -0.1) is 11.3 Å². The number of carboxylic acids is 1. The van der Waals surface area contributed by atoms with E-state index in [0.717, 1.165) is 5.69 Å². The normalized spacial score (nSPS) is 11.3. The predicted molar refractivity (Wildman–Crippen MR) is 77.5 cm³/mol. The predicted octanol–water partition coefficient (Wildman–Crippen LogP) is 3.88. The van der Waals surface area contributed by atoms with Gasteiger partial charge in [-0.2, -0.15) is 0 Å². The van der Waals surface area contributed by atoms with Crippen LogP contribution in [0.5, 0.6) is 0 Å². The summed E-state index contributed by atoms with van der Waals surface area (Å²) >= 11 is 1.28. The molecule has 0 amide bonds. The van der Waals surface area contributed by atoms with Crippen LogP contribution in [0.15, 0.2) is 29.8 Å².